The smallest absolute Gasteiger partial charge is 0.161 e. The Bertz CT molecular complexity index is 845. The molecule has 0 saturated carbocycles. The molecule has 0 unspecified atom stereocenters. The molecule has 7 heteroatoms. The highest BCUT2D eigenvalue weighted by atomic mass is 127. The Kier molecular flexibility index (Phi) is 8.47. The maximum Gasteiger partial charge on any atom is 0.161 e. The number of ether oxygens (including phenoxy) is 4. The van der Waals surface area contributed by atoms with E-state index in [1.807, 2.05) is 29.1 Å². The number of nitrogens with zero attached hydrogens (tertiary/aromatic N) is 1. The fraction of sp³-hybridized carbons (Fsp3) is 0.478. The van der Waals surface area contributed by atoms with Gasteiger partial charge in [-0.3, -0.25) is 4.90 Å². The highest BCUT2D eigenvalue weighted by molar-refractivity contribution is 14.1. The van der Waals surface area contributed by atoms with Crippen LogP contribution in [0.2, 0.25) is 0 Å². The first kappa shape index (κ1) is 23.0. The minimum atomic E-state index is 0.237. The lowest BCUT2D eigenvalue weighted by atomic mass is 9.88. The van der Waals surface area contributed by atoms with Gasteiger partial charge in [0.25, 0.3) is 0 Å². The highest BCUT2D eigenvalue weighted by Gasteiger charge is 2.29. The summed E-state index contributed by atoms with van der Waals surface area (Å²) in [6.07, 6.45) is 2.85. The summed E-state index contributed by atoms with van der Waals surface area (Å²) in [6, 6.07) is 10.7. The second-order valence-corrected chi connectivity index (χ2v) is 7.89. The normalized spacial score (nSPS) is 16.1. The summed E-state index contributed by atoms with van der Waals surface area (Å²) in [5.41, 5.74) is 3.82. The predicted octanol–water partition coefficient (Wildman–Crippen LogP) is 4.62. The van der Waals surface area contributed by atoms with Gasteiger partial charge in [-0.1, -0.05) is 6.07 Å². The van der Waals surface area contributed by atoms with Crippen molar-refractivity contribution >= 4 is 23.0 Å². The Labute approximate surface area is 193 Å². The molecule has 6 nitrogen and oxygen atoms in total. The summed E-state index contributed by atoms with van der Waals surface area (Å²) < 4.78 is 27.3. The Morgan fingerprint density at radius 2 is 1.57 bits per heavy atom. The van der Waals surface area contributed by atoms with Crippen LogP contribution in [-0.2, 0) is 15.9 Å². The molecule has 1 aliphatic rings. The summed E-state index contributed by atoms with van der Waals surface area (Å²) in [5, 5.41) is 0. The Hall–Kier alpha value is -1.71. The van der Waals surface area contributed by atoms with Gasteiger partial charge in [-0.15, -0.1) is 0 Å². The molecule has 0 radical (unpaired) electrons. The largest absolute Gasteiger partial charge is 0.493 e. The van der Waals surface area contributed by atoms with Crippen LogP contribution < -0.4 is 18.9 Å². The standard InChI is InChI=1S/C23H30INO5/c1-26-20-7-6-16(13-21(20)27-2)12-19-18-15-23(29-4)22(28-3)14-17(18)8-10-25(19)9-5-11-30-24/h6-7,13-15,19H,5,8-12H2,1-4H3/t19-/m1/s1. The van der Waals surface area contributed by atoms with Crippen molar-refractivity contribution in [3.05, 3.63) is 47.0 Å². The van der Waals surface area contributed by atoms with Crippen LogP contribution in [0.25, 0.3) is 0 Å². The average Bonchev–Trinajstić information content (AvgIpc) is 2.79. The van der Waals surface area contributed by atoms with Gasteiger partial charge in [-0.05, 0) is 60.2 Å². The maximum atomic E-state index is 5.60. The molecule has 0 amide bonds. The summed E-state index contributed by atoms with van der Waals surface area (Å²) in [6.45, 7) is 2.73. The Balaban J connectivity index is 1.96. The number of rotatable bonds is 10. The first-order chi connectivity index (χ1) is 14.6. The monoisotopic (exact) mass is 527 g/mol. The minimum absolute atomic E-state index is 0.237. The molecule has 0 spiro atoms. The fourth-order valence-electron chi connectivity index (χ4n) is 4.14. The van der Waals surface area contributed by atoms with E-state index in [-0.39, 0.29) is 6.04 Å². The molecule has 2 aromatic rings. The van der Waals surface area contributed by atoms with E-state index in [9.17, 15) is 0 Å². The van der Waals surface area contributed by atoms with E-state index in [1.54, 1.807) is 28.4 Å². The summed E-state index contributed by atoms with van der Waals surface area (Å²) in [7, 11) is 6.70. The summed E-state index contributed by atoms with van der Waals surface area (Å²) in [5.74, 6) is 3.05. The van der Waals surface area contributed by atoms with E-state index in [4.69, 9.17) is 22.0 Å². The third-order valence-corrected chi connectivity index (χ3v) is 6.10. The van der Waals surface area contributed by atoms with Gasteiger partial charge in [0.1, 0.15) is 23.0 Å². The van der Waals surface area contributed by atoms with Crippen LogP contribution in [0, 0.1) is 0 Å². The van der Waals surface area contributed by atoms with Crippen LogP contribution in [0.5, 0.6) is 23.0 Å². The lowest BCUT2D eigenvalue weighted by Crippen LogP contribution is -2.37. The number of fused-ring (bicyclic) bond motifs is 1. The maximum absolute atomic E-state index is 5.60. The molecule has 1 heterocycles. The lowest BCUT2D eigenvalue weighted by Gasteiger charge is -2.38. The zero-order valence-corrected chi connectivity index (χ0v) is 20.2. The van der Waals surface area contributed by atoms with Crippen molar-refractivity contribution in [1.29, 1.82) is 0 Å². The van der Waals surface area contributed by atoms with Gasteiger partial charge >= 0.3 is 0 Å². The van der Waals surface area contributed by atoms with Crippen LogP contribution in [0.3, 0.4) is 0 Å². The number of benzene rings is 2. The number of hydrogen-bond donors (Lipinski definition) is 0. The third kappa shape index (κ3) is 5.12. The molecule has 1 aliphatic heterocycles. The van der Waals surface area contributed by atoms with Crippen molar-refractivity contribution in [2.75, 3.05) is 48.1 Å². The summed E-state index contributed by atoms with van der Waals surface area (Å²) in [4.78, 5) is 2.54. The van der Waals surface area contributed by atoms with Gasteiger partial charge in [-0.2, -0.15) is 0 Å². The van der Waals surface area contributed by atoms with E-state index in [2.05, 4.69) is 29.2 Å². The molecule has 164 valence electrons. The second-order valence-electron chi connectivity index (χ2n) is 7.27. The highest BCUT2D eigenvalue weighted by Crippen LogP contribution is 2.40. The molecule has 0 fully saturated rings. The third-order valence-electron chi connectivity index (χ3n) is 5.66. The van der Waals surface area contributed by atoms with Crippen molar-refractivity contribution in [2.45, 2.75) is 25.3 Å². The van der Waals surface area contributed by atoms with Crippen molar-refractivity contribution in [3.63, 3.8) is 0 Å². The first-order valence-corrected chi connectivity index (χ1v) is 11.0. The fourth-order valence-corrected chi connectivity index (χ4v) is 4.45. The van der Waals surface area contributed by atoms with Crippen LogP contribution in [0.1, 0.15) is 29.2 Å². The van der Waals surface area contributed by atoms with E-state index in [0.29, 0.717) is 0 Å². The molecule has 0 saturated heterocycles. The molecule has 3 rings (SSSR count). The first-order valence-electron chi connectivity index (χ1n) is 10.1. The van der Waals surface area contributed by atoms with Crippen molar-refractivity contribution < 1.29 is 22.0 Å². The molecule has 0 bridgehead atoms. The molecule has 1 atom stereocenters. The number of hydrogen-bond acceptors (Lipinski definition) is 6. The zero-order valence-electron chi connectivity index (χ0n) is 18.1. The van der Waals surface area contributed by atoms with Gasteiger partial charge in [0, 0.05) is 19.1 Å². The van der Waals surface area contributed by atoms with Gasteiger partial charge in [-0.25, -0.2) is 0 Å². The SMILES string of the molecule is COc1ccc(C[C@@H]2c3cc(OC)c(OC)cc3CCN2CCCOI)cc1OC. The molecule has 30 heavy (non-hydrogen) atoms. The van der Waals surface area contributed by atoms with Crippen LogP contribution in [-0.4, -0.2) is 53.0 Å². The van der Waals surface area contributed by atoms with E-state index >= 15 is 0 Å². The van der Waals surface area contributed by atoms with Crippen LogP contribution in [0.15, 0.2) is 30.3 Å². The van der Waals surface area contributed by atoms with Gasteiger partial charge in [0.05, 0.1) is 35.0 Å². The Morgan fingerprint density at radius 3 is 2.23 bits per heavy atom. The molecule has 0 N–H and O–H groups in total. The van der Waals surface area contributed by atoms with Crippen molar-refractivity contribution in [3.8, 4) is 23.0 Å². The molecular weight excluding hydrogens is 497 g/mol. The number of methoxy groups -OCH3 is 4. The van der Waals surface area contributed by atoms with E-state index < -0.39 is 0 Å². The minimum Gasteiger partial charge on any atom is -0.493 e. The van der Waals surface area contributed by atoms with E-state index in [0.717, 1.165) is 62.0 Å². The molecule has 0 aliphatic carbocycles. The topological polar surface area (TPSA) is 49.4 Å². The van der Waals surface area contributed by atoms with Gasteiger partial charge in [0.2, 0.25) is 0 Å². The van der Waals surface area contributed by atoms with E-state index in [1.165, 1.54) is 16.7 Å². The van der Waals surface area contributed by atoms with Crippen LogP contribution in [0.4, 0.5) is 0 Å². The average molecular weight is 527 g/mol. The predicted molar refractivity (Wildman–Crippen MR) is 125 cm³/mol. The molecule has 2 aromatic carbocycles. The second kappa shape index (κ2) is 11.1. The van der Waals surface area contributed by atoms with Gasteiger partial charge in [0.15, 0.2) is 23.0 Å². The van der Waals surface area contributed by atoms with Crippen molar-refractivity contribution in [1.82, 2.24) is 4.90 Å². The molecular formula is C23H30INO5. The Morgan fingerprint density at radius 1 is 0.900 bits per heavy atom. The van der Waals surface area contributed by atoms with Gasteiger partial charge < -0.3 is 22.0 Å². The number of halogens is 1. The van der Waals surface area contributed by atoms with Crippen LogP contribution >= 0.6 is 23.0 Å². The lowest BCUT2D eigenvalue weighted by molar-refractivity contribution is 0.173. The summed E-state index contributed by atoms with van der Waals surface area (Å²) >= 11 is 1.96. The zero-order chi connectivity index (χ0) is 21.5. The quantitative estimate of drug-likeness (QED) is 0.332. The van der Waals surface area contributed by atoms with Crippen molar-refractivity contribution in [2.24, 2.45) is 0 Å². The molecule has 0 aromatic heterocycles.